The number of aryl methyl sites for hydroxylation is 2. The molecular weight excluding hydrogens is 443 g/mol. The van der Waals surface area contributed by atoms with E-state index < -0.39 is 11.7 Å². The third-order valence-electron chi connectivity index (χ3n) is 5.47. The summed E-state index contributed by atoms with van der Waals surface area (Å²) in [5.74, 6) is 0.631. The second-order valence-electron chi connectivity index (χ2n) is 8.09. The summed E-state index contributed by atoms with van der Waals surface area (Å²) < 4.78 is 44.4. The van der Waals surface area contributed by atoms with Crippen LogP contribution in [0, 0.1) is 13.8 Å². The van der Waals surface area contributed by atoms with E-state index in [1.807, 2.05) is 37.3 Å². The molecule has 0 atom stereocenters. The molecule has 0 radical (unpaired) electrons. The van der Waals surface area contributed by atoms with Crippen LogP contribution in [0.5, 0.6) is 0 Å². The zero-order valence-corrected chi connectivity index (χ0v) is 18.8. The van der Waals surface area contributed by atoms with Crippen molar-refractivity contribution in [1.29, 1.82) is 0 Å². The molecule has 0 saturated carbocycles. The second kappa shape index (κ2) is 9.13. The van der Waals surface area contributed by atoms with E-state index in [0.29, 0.717) is 22.9 Å². The molecule has 1 amide bonds. The van der Waals surface area contributed by atoms with Gasteiger partial charge >= 0.3 is 6.18 Å². The van der Waals surface area contributed by atoms with Crippen molar-refractivity contribution in [3.8, 4) is 22.6 Å². The minimum Gasteiger partial charge on any atom is -0.421 e. The largest absolute Gasteiger partial charge is 0.421 e. The molecule has 5 nitrogen and oxygen atoms in total. The Balaban J connectivity index is 1.52. The number of carbonyl (C=O) groups is 1. The van der Waals surface area contributed by atoms with Gasteiger partial charge in [-0.1, -0.05) is 30.3 Å². The van der Waals surface area contributed by atoms with E-state index in [-0.39, 0.29) is 12.5 Å². The van der Waals surface area contributed by atoms with E-state index in [9.17, 15) is 18.0 Å². The van der Waals surface area contributed by atoms with Crippen molar-refractivity contribution in [1.82, 2.24) is 15.1 Å². The average molecular weight is 465 g/mol. The Hall–Kier alpha value is -3.94. The van der Waals surface area contributed by atoms with Gasteiger partial charge in [-0.2, -0.15) is 13.2 Å². The minimum atomic E-state index is -4.42. The highest BCUT2D eigenvalue weighted by Crippen LogP contribution is 2.31. The number of halogens is 3. The van der Waals surface area contributed by atoms with Crippen LogP contribution in [-0.2, 0) is 12.7 Å². The summed E-state index contributed by atoms with van der Waals surface area (Å²) >= 11 is 0. The van der Waals surface area contributed by atoms with Gasteiger partial charge in [0.2, 0.25) is 11.8 Å². The molecule has 1 aromatic heterocycles. The number of carbonyl (C=O) groups excluding carboxylic acids is 1. The van der Waals surface area contributed by atoms with Crippen molar-refractivity contribution < 1.29 is 22.4 Å². The van der Waals surface area contributed by atoms with Gasteiger partial charge < -0.3 is 9.32 Å². The standard InChI is InChI=1S/C26H22F3N3O2/c1-16-7-8-21(24-31-30-17(2)34-24)14-23(16)19-9-11-20(12-10-19)25(33)32(3)15-18-5-4-6-22(13-18)26(27,28)29/h4-14H,15H2,1-3H3. The molecule has 0 aliphatic carbocycles. The third-order valence-corrected chi connectivity index (χ3v) is 5.47. The first kappa shape index (κ1) is 23.2. The van der Waals surface area contributed by atoms with Gasteiger partial charge in [0.05, 0.1) is 5.56 Å². The van der Waals surface area contributed by atoms with Gasteiger partial charge in [0.1, 0.15) is 0 Å². The second-order valence-corrected chi connectivity index (χ2v) is 8.09. The lowest BCUT2D eigenvalue weighted by Gasteiger charge is -2.18. The fourth-order valence-electron chi connectivity index (χ4n) is 3.68. The van der Waals surface area contributed by atoms with Crippen LogP contribution >= 0.6 is 0 Å². The Morgan fingerprint density at radius 2 is 1.65 bits per heavy atom. The summed E-state index contributed by atoms with van der Waals surface area (Å²) in [7, 11) is 1.57. The summed E-state index contributed by atoms with van der Waals surface area (Å²) in [6, 6.07) is 17.9. The lowest BCUT2D eigenvalue weighted by atomic mass is 9.97. The van der Waals surface area contributed by atoms with Crippen molar-refractivity contribution in [2.75, 3.05) is 7.05 Å². The smallest absolute Gasteiger partial charge is 0.416 e. The molecule has 174 valence electrons. The highest BCUT2D eigenvalue weighted by Gasteiger charge is 2.30. The number of aromatic nitrogens is 2. The van der Waals surface area contributed by atoms with Crippen LogP contribution < -0.4 is 0 Å². The van der Waals surface area contributed by atoms with Gasteiger partial charge in [0.25, 0.3) is 5.91 Å². The molecule has 1 heterocycles. The molecule has 0 aliphatic heterocycles. The maximum atomic E-state index is 13.0. The van der Waals surface area contributed by atoms with Crippen LogP contribution in [0.2, 0.25) is 0 Å². The molecule has 0 fully saturated rings. The fraction of sp³-hybridized carbons (Fsp3) is 0.192. The number of hydrogen-bond donors (Lipinski definition) is 0. The molecule has 0 N–H and O–H groups in total. The SMILES string of the molecule is Cc1nnc(-c2ccc(C)c(-c3ccc(C(=O)N(C)Cc4cccc(C(F)(F)F)c4)cc3)c2)o1. The average Bonchev–Trinajstić information content (AvgIpc) is 3.25. The lowest BCUT2D eigenvalue weighted by molar-refractivity contribution is -0.137. The number of benzene rings is 3. The van der Waals surface area contributed by atoms with Crippen molar-refractivity contribution in [3.05, 3.63) is 94.9 Å². The van der Waals surface area contributed by atoms with Gasteiger partial charge in [-0.15, -0.1) is 10.2 Å². The maximum Gasteiger partial charge on any atom is 0.416 e. The maximum absolute atomic E-state index is 13.0. The molecule has 0 bridgehead atoms. The first-order valence-corrected chi connectivity index (χ1v) is 10.5. The first-order chi connectivity index (χ1) is 16.1. The third kappa shape index (κ3) is 5.01. The van der Waals surface area contributed by atoms with Gasteiger partial charge in [-0.05, 0) is 65.6 Å². The predicted octanol–water partition coefficient (Wildman–Crippen LogP) is 6.31. The lowest BCUT2D eigenvalue weighted by Crippen LogP contribution is -2.26. The molecule has 0 saturated heterocycles. The topological polar surface area (TPSA) is 59.2 Å². The Kier molecular flexibility index (Phi) is 6.24. The van der Waals surface area contributed by atoms with E-state index >= 15 is 0 Å². The molecule has 0 unspecified atom stereocenters. The van der Waals surface area contributed by atoms with E-state index in [0.717, 1.165) is 34.4 Å². The molecule has 4 rings (SSSR count). The summed E-state index contributed by atoms with van der Waals surface area (Å²) in [4.78, 5) is 14.3. The first-order valence-electron chi connectivity index (χ1n) is 10.5. The number of hydrogen-bond acceptors (Lipinski definition) is 4. The van der Waals surface area contributed by atoms with E-state index in [4.69, 9.17) is 4.42 Å². The zero-order chi connectivity index (χ0) is 24.5. The van der Waals surface area contributed by atoms with Crippen LogP contribution in [0.3, 0.4) is 0 Å². The monoisotopic (exact) mass is 465 g/mol. The molecular formula is C26H22F3N3O2. The molecule has 8 heteroatoms. The Morgan fingerprint density at radius 3 is 2.29 bits per heavy atom. The summed E-state index contributed by atoms with van der Waals surface area (Å²) in [6.45, 7) is 3.78. The quantitative estimate of drug-likeness (QED) is 0.347. The molecule has 0 aliphatic rings. The van der Waals surface area contributed by atoms with Gasteiger partial charge in [-0.3, -0.25) is 4.79 Å². The Morgan fingerprint density at radius 1 is 0.941 bits per heavy atom. The predicted molar refractivity (Wildman–Crippen MR) is 122 cm³/mol. The number of amides is 1. The van der Waals surface area contributed by atoms with E-state index in [2.05, 4.69) is 10.2 Å². The molecule has 34 heavy (non-hydrogen) atoms. The Labute approximate surface area is 194 Å². The molecule has 4 aromatic rings. The van der Waals surface area contributed by atoms with Gasteiger partial charge in [0, 0.05) is 31.6 Å². The van der Waals surface area contributed by atoms with Crippen LogP contribution in [-0.4, -0.2) is 28.1 Å². The summed E-state index contributed by atoms with van der Waals surface area (Å²) in [5.41, 5.74) is 3.83. The summed E-state index contributed by atoms with van der Waals surface area (Å²) in [5, 5.41) is 7.93. The highest BCUT2D eigenvalue weighted by atomic mass is 19.4. The zero-order valence-electron chi connectivity index (χ0n) is 18.8. The normalized spacial score (nSPS) is 11.5. The highest BCUT2D eigenvalue weighted by molar-refractivity contribution is 5.94. The van der Waals surface area contributed by atoms with Crippen molar-refractivity contribution in [2.24, 2.45) is 0 Å². The molecule has 0 spiro atoms. The minimum absolute atomic E-state index is 0.0647. The Bertz CT molecular complexity index is 1330. The van der Waals surface area contributed by atoms with Gasteiger partial charge in [-0.25, -0.2) is 0 Å². The van der Waals surface area contributed by atoms with Crippen molar-refractivity contribution in [3.63, 3.8) is 0 Å². The van der Waals surface area contributed by atoms with Gasteiger partial charge in [0.15, 0.2) is 0 Å². The van der Waals surface area contributed by atoms with E-state index in [1.54, 1.807) is 32.2 Å². The van der Waals surface area contributed by atoms with Crippen LogP contribution in [0.4, 0.5) is 13.2 Å². The number of alkyl halides is 3. The van der Waals surface area contributed by atoms with Crippen LogP contribution in [0.25, 0.3) is 22.6 Å². The molecule has 3 aromatic carbocycles. The van der Waals surface area contributed by atoms with Crippen LogP contribution in [0.15, 0.2) is 71.1 Å². The summed E-state index contributed by atoms with van der Waals surface area (Å²) in [6.07, 6.45) is -4.42. The number of rotatable bonds is 5. The van der Waals surface area contributed by atoms with E-state index in [1.165, 1.54) is 11.0 Å². The van der Waals surface area contributed by atoms with Crippen LogP contribution in [0.1, 0.15) is 32.9 Å². The van der Waals surface area contributed by atoms with Crippen molar-refractivity contribution >= 4 is 5.91 Å². The fourth-order valence-corrected chi connectivity index (χ4v) is 3.68. The number of nitrogens with zero attached hydrogens (tertiary/aromatic N) is 3. The van der Waals surface area contributed by atoms with Crippen molar-refractivity contribution in [2.45, 2.75) is 26.6 Å².